The van der Waals surface area contributed by atoms with Gasteiger partial charge in [0.2, 0.25) is 0 Å². The van der Waals surface area contributed by atoms with E-state index >= 15 is 0 Å². The number of benzene rings is 3. The molecule has 0 saturated carbocycles. The minimum Gasteiger partial charge on any atom is -0.493 e. The Morgan fingerprint density at radius 2 is 1.54 bits per heavy atom. The monoisotopic (exact) mass is 484 g/mol. The van der Waals surface area contributed by atoms with Gasteiger partial charge in [-0.2, -0.15) is 13.2 Å². The van der Waals surface area contributed by atoms with Crippen molar-refractivity contribution in [2.24, 2.45) is 0 Å². The maximum absolute atomic E-state index is 13.0. The lowest BCUT2D eigenvalue weighted by atomic mass is 9.95. The van der Waals surface area contributed by atoms with Gasteiger partial charge in [-0.25, -0.2) is 0 Å². The van der Waals surface area contributed by atoms with E-state index in [1.807, 2.05) is 55.6 Å². The number of methoxy groups -OCH3 is 2. The average molecular weight is 485 g/mol. The summed E-state index contributed by atoms with van der Waals surface area (Å²) >= 11 is 0. The van der Waals surface area contributed by atoms with Gasteiger partial charge in [0, 0.05) is 18.8 Å². The van der Waals surface area contributed by atoms with Crippen LogP contribution in [0.5, 0.6) is 11.5 Å². The smallest absolute Gasteiger partial charge is 0.416 e. The number of rotatable bonds is 11. The van der Waals surface area contributed by atoms with Crippen molar-refractivity contribution < 1.29 is 22.6 Å². The minimum atomic E-state index is -4.35. The summed E-state index contributed by atoms with van der Waals surface area (Å²) in [6.07, 6.45) is -3.13. The number of nitrogens with one attached hydrogen (secondary N) is 2. The molecule has 0 radical (unpaired) electrons. The van der Waals surface area contributed by atoms with Crippen LogP contribution in [0.3, 0.4) is 0 Å². The van der Waals surface area contributed by atoms with Crippen LogP contribution in [0, 0.1) is 0 Å². The first kappa shape index (κ1) is 26.2. The van der Waals surface area contributed by atoms with Crippen LogP contribution in [0.4, 0.5) is 13.2 Å². The molecule has 0 bridgehead atoms. The van der Waals surface area contributed by atoms with Gasteiger partial charge in [0.15, 0.2) is 11.5 Å². The molecule has 0 aromatic heterocycles. The zero-order valence-corrected chi connectivity index (χ0v) is 20.2. The molecule has 2 atom stereocenters. The highest BCUT2D eigenvalue weighted by molar-refractivity contribution is 5.44. The Morgan fingerprint density at radius 3 is 2.11 bits per heavy atom. The summed E-state index contributed by atoms with van der Waals surface area (Å²) in [6, 6.07) is 20.7. The van der Waals surface area contributed by atoms with E-state index in [1.54, 1.807) is 14.2 Å². The van der Waals surface area contributed by atoms with Crippen molar-refractivity contribution in [3.05, 3.63) is 107 Å². The molecule has 0 unspecified atom stereocenters. The highest BCUT2D eigenvalue weighted by atomic mass is 19.4. The number of alkyl halides is 3. The second kappa shape index (κ2) is 11.8. The molecule has 35 heavy (non-hydrogen) atoms. The maximum Gasteiger partial charge on any atom is 0.416 e. The molecular formula is C28H31F3N2O2. The van der Waals surface area contributed by atoms with Crippen LogP contribution in [-0.2, 0) is 12.6 Å². The predicted molar refractivity (Wildman–Crippen MR) is 133 cm³/mol. The van der Waals surface area contributed by atoms with E-state index < -0.39 is 11.7 Å². The molecule has 3 aromatic rings. The molecule has 0 fully saturated rings. The van der Waals surface area contributed by atoms with Gasteiger partial charge in [-0.15, -0.1) is 0 Å². The summed E-state index contributed by atoms with van der Waals surface area (Å²) in [5.41, 5.74) is 3.00. The van der Waals surface area contributed by atoms with Crippen LogP contribution in [0.2, 0.25) is 0 Å². The fraction of sp³-hybridized carbons (Fsp3) is 0.286. The SMILES string of the molecule is C=C(NC)[C@@H](N[C@@H](CCc1ccc(C(F)(F)F)cc1)c1ccc(OC)c(OC)c1)c1ccccc1. The van der Waals surface area contributed by atoms with E-state index in [1.165, 1.54) is 12.1 Å². The summed E-state index contributed by atoms with van der Waals surface area (Å²) < 4.78 is 49.8. The molecule has 2 N–H and O–H groups in total. The van der Waals surface area contributed by atoms with Crippen molar-refractivity contribution in [1.82, 2.24) is 10.6 Å². The Hall–Kier alpha value is -3.45. The Kier molecular flexibility index (Phi) is 8.82. The summed E-state index contributed by atoms with van der Waals surface area (Å²) in [6.45, 7) is 4.18. The van der Waals surface area contributed by atoms with Crippen LogP contribution < -0.4 is 20.1 Å². The molecule has 0 aliphatic rings. The molecule has 0 amide bonds. The van der Waals surface area contributed by atoms with Crippen molar-refractivity contribution in [1.29, 1.82) is 0 Å². The van der Waals surface area contributed by atoms with E-state index in [0.717, 1.165) is 34.5 Å². The lowest BCUT2D eigenvalue weighted by Crippen LogP contribution is -2.31. The highest BCUT2D eigenvalue weighted by Gasteiger charge is 2.30. The van der Waals surface area contributed by atoms with Crippen LogP contribution in [0.1, 0.15) is 40.8 Å². The second-order valence-corrected chi connectivity index (χ2v) is 8.19. The van der Waals surface area contributed by atoms with Crippen molar-refractivity contribution >= 4 is 0 Å². The molecule has 3 rings (SSSR count). The molecule has 0 aliphatic carbocycles. The van der Waals surface area contributed by atoms with Crippen molar-refractivity contribution in [3.63, 3.8) is 0 Å². The Balaban J connectivity index is 1.91. The molecular weight excluding hydrogens is 453 g/mol. The van der Waals surface area contributed by atoms with Gasteiger partial charge in [0.1, 0.15) is 0 Å². The van der Waals surface area contributed by atoms with E-state index in [4.69, 9.17) is 9.47 Å². The first-order chi connectivity index (χ1) is 16.8. The van der Waals surface area contributed by atoms with Crippen molar-refractivity contribution in [3.8, 4) is 11.5 Å². The van der Waals surface area contributed by atoms with E-state index in [0.29, 0.717) is 24.3 Å². The largest absolute Gasteiger partial charge is 0.493 e. The number of hydrogen-bond donors (Lipinski definition) is 2. The van der Waals surface area contributed by atoms with Gasteiger partial charge in [-0.1, -0.05) is 55.1 Å². The van der Waals surface area contributed by atoms with Crippen molar-refractivity contribution in [2.45, 2.75) is 31.1 Å². The van der Waals surface area contributed by atoms with Gasteiger partial charge in [-0.05, 0) is 53.8 Å². The predicted octanol–water partition coefficient (Wildman–Crippen LogP) is 6.46. The molecule has 0 spiro atoms. The van der Waals surface area contributed by atoms with Gasteiger partial charge >= 0.3 is 6.18 Å². The standard InChI is InChI=1S/C28H31F3N2O2/c1-19(32-2)27(21-8-6-5-7-9-21)33-24(22-13-17-25(34-3)26(18-22)35-4)16-12-20-10-14-23(15-11-20)28(29,30)31/h5-11,13-15,17-18,24,27,32-33H,1,12,16H2,2-4H3/t24-,27+/m0/s1. The average Bonchev–Trinajstić information content (AvgIpc) is 2.88. The van der Waals surface area contributed by atoms with Crippen LogP contribution in [-0.4, -0.2) is 21.3 Å². The highest BCUT2D eigenvalue weighted by Crippen LogP contribution is 2.34. The molecule has 3 aromatic carbocycles. The van der Waals surface area contributed by atoms with Gasteiger partial charge in [0.25, 0.3) is 0 Å². The molecule has 7 heteroatoms. The summed E-state index contributed by atoms with van der Waals surface area (Å²) in [5, 5.41) is 6.84. The maximum atomic E-state index is 13.0. The van der Waals surface area contributed by atoms with Crippen LogP contribution in [0.25, 0.3) is 0 Å². The van der Waals surface area contributed by atoms with E-state index in [-0.39, 0.29) is 12.1 Å². The van der Waals surface area contributed by atoms with E-state index in [2.05, 4.69) is 17.2 Å². The number of hydrogen-bond acceptors (Lipinski definition) is 4. The van der Waals surface area contributed by atoms with Crippen LogP contribution >= 0.6 is 0 Å². The van der Waals surface area contributed by atoms with Crippen molar-refractivity contribution in [2.75, 3.05) is 21.3 Å². The Labute approximate surface area is 204 Å². The molecule has 0 heterocycles. The van der Waals surface area contributed by atoms with Crippen LogP contribution in [0.15, 0.2) is 85.1 Å². The number of aryl methyl sites for hydroxylation is 1. The fourth-order valence-electron chi connectivity index (χ4n) is 3.98. The zero-order chi connectivity index (χ0) is 25.4. The Morgan fingerprint density at radius 1 is 0.886 bits per heavy atom. The normalized spacial score (nSPS) is 13.1. The second-order valence-electron chi connectivity index (χ2n) is 8.19. The molecule has 0 aliphatic heterocycles. The number of halogens is 3. The number of ether oxygens (including phenoxy) is 2. The van der Waals surface area contributed by atoms with Gasteiger partial charge < -0.3 is 14.8 Å². The summed E-state index contributed by atoms with van der Waals surface area (Å²) in [7, 11) is 5.00. The topological polar surface area (TPSA) is 42.5 Å². The molecule has 186 valence electrons. The lowest BCUT2D eigenvalue weighted by molar-refractivity contribution is -0.137. The quantitative estimate of drug-likeness (QED) is 0.328. The first-order valence-corrected chi connectivity index (χ1v) is 11.3. The van der Waals surface area contributed by atoms with Gasteiger partial charge in [0.05, 0.1) is 25.8 Å². The molecule has 0 saturated heterocycles. The number of likely N-dealkylation sites (N-methyl/N-ethyl adjacent to an activating group) is 1. The van der Waals surface area contributed by atoms with E-state index in [9.17, 15) is 13.2 Å². The summed E-state index contributed by atoms with van der Waals surface area (Å²) in [5.74, 6) is 1.23. The summed E-state index contributed by atoms with van der Waals surface area (Å²) in [4.78, 5) is 0. The third kappa shape index (κ3) is 6.79. The molecule has 4 nitrogen and oxygen atoms in total. The fourth-order valence-corrected chi connectivity index (χ4v) is 3.98. The third-order valence-corrected chi connectivity index (χ3v) is 5.98. The first-order valence-electron chi connectivity index (χ1n) is 11.3. The lowest BCUT2D eigenvalue weighted by Gasteiger charge is -2.28. The Bertz CT molecular complexity index is 1100. The zero-order valence-electron chi connectivity index (χ0n) is 20.2. The third-order valence-electron chi connectivity index (χ3n) is 5.98. The van der Waals surface area contributed by atoms with Gasteiger partial charge in [-0.3, -0.25) is 5.32 Å². The minimum absolute atomic E-state index is 0.146.